The summed E-state index contributed by atoms with van der Waals surface area (Å²) in [6.07, 6.45) is 4.03. The molecule has 0 atom stereocenters. The lowest BCUT2D eigenvalue weighted by molar-refractivity contribution is -0.140. The van der Waals surface area contributed by atoms with E-state index in [1.54, 1.807) is 0 Å². The number of amides is 2. The van der Waals surface area contributed by atoms with Gasteiger partial charge in [-0.3, -0.25) is 14.5 Å². The van der Waals surface area contributed by atoms with E-state index in [2.05, 4.69) is 6.58 Å². The number of nitrogens with zero attached hydrogens (tertiary/aromatic N) is 1. The van der Waals surface area contributed by atoms with Crippen LogP contribution in [0.1, 0.15) is 19.8 Å². The first-order valence-electron chi connectivity index (χ1n) is 5.44. The van der Waals surface area contributed by atoms with Crippen molar-refractivity contribution in [3.63, 3.8) is 0 Å². The van der Waals surface area contributed by atoms with Gasteiger partial charge in [0.2, 0.25) is 0 Å². The Morgan fingerprint density at radius 1 is 1.35 bits per heavy atom. The molecule has 1 aliphatic rings. The molecule has 0 aliphatic carbocycles. The van der Waals surface area contributed by atoms with Crippen LogP contribution in [0.15, 0.2) is 24.3 Å². The quantitative estimate of drug-likeness (QED) is 0.297. The van der Waals surface area contributed by atoms with Crippen LogP contribution in [-0.4, -0.2) is 35.8 Å². The first-order chi connectivity index (χ1) is 8.06. The fourth-order valence-corrected chi connectivity index (χ4v) is 1.25. The number of unbranched alkanes of at least 4 members (excludes halogenated alkanes) is 1. The van der Waals surface area contributed by atoms with Crippen LogP contribution in [0.2, 0.25) is 0 Å². The molecule has 0 unspecified atom stereocenters. The van der Waals surface area contributed by atoms with Gasteiger partial charge in [0.05, 0.1) is 13.2 Å². The Balaban J connectivity index is 2.41. The van der Waals surface area contributed by atoms with Gasteiger partial charge in [-0.2, -0.15) is 0 Å². The van der Waals surface area contributed by atoms with Crippen molar-refractivity contribution in [2.75, 3.05) is 13.2 Å². The van der Waals surface area contributed by atoms with Gasteiger partial charge in [-0.1, -0.05) is 19.9 Å². The summed E-state index contributed by atoms with van der Waals surface area (Å²) in [6.45, 7) is 5.71. The lowest BCUT2D eigenvalue weighted by Crippen LogP contribution is -2.33. The molecule has 2 amide bonds. The van der Waals surface area contributed by atoms with Crippen molar-refractivity contribution < 1.29 is 19.1 Å². The summed E-state index contributed by atoms with van der Waals surface area (Å²) >= 11 is 0. The van der Waals surface area contributed by atoms with Crippen molar-refractivity contribution in [2.24, 2.45) is 0 Å². The standard InChI is InChI=1S/C12H15NO4/c1-3-4-7-17-12(16)9(2)8-13-10(14)5-6-11(13)15/h5-6H,2-4,7-8H2,1H3. The van der Waals surface area contributed by atoms with Crippen LogP contribution in [0.3, 0.4) is 0 Å². The third kappa shape index (κ3) is 3.55. The van der Waals surface area contributed by atoms with Crippen molar-refractivity contribution in [3.05, 3.63) is 24.3 Å². The molecule has 1 rings (SSSR count). The molecule has 0 saturated heterocycles. The molecule has 5 nitrogen and oxygen atoms in total. The predicted octanol–water partition coefficient (Wildman–Crippen LogP) is 0.811. The zero-order valence-corrected chi connectivity index (χ0v) is 9.77. The van der Waals surface area contributed by atoms with Crippen LogP contribution in [0.25, 0.3) is 0 Å². The maximum atomic E-state index is 11.4. The minimum Gasteiger partial charge on any atom is -0.462 e. The maximum Gasteiger partial charge on any atom is 0.335 e. The van der Waals surface area contributed by atoms with Crippen LogP contribution < -0.4 is 0 Å². The molecular weight excluding hydrogens is 222 g/mol. The second-order valence-electron chi connectivity index (χ2n) is 3.69. The number of imide groups is 1. The summed E-state index contributed by atoms with van der Waals surface area (Å²) in [5.41, 5.74) is 0.103. The van der Waals surface area contributed by atoms with Gasteiger partial charge in [-0.05, 0) is 6.42 Å². The van der Waals surface area contributed by atoms with Crippen molar-refractivity contribution in [2.45, 2.75) is 19.8 Å². The van der Waals surface area contributed by atoms with Crippen LogP contribution in [0.4, 0.5) is 0 Å². The molecule has 92 valence electrons. The monoisotopic (exact) mass is 237 g/mol. The summed E-state index contributed by atoms with van der Waals surface area (Å²) < 4.78 is 4.92. The fraction of sp³-hybridized carbons (Fsp3) is 0.417. The average molecular weight is 237 g/mol. The highest BCUT2D eigenvalue weighted by atomic mass is 16.5. The minimum absolute atomic E-state index is 0.103. The van der Waals surface area contributed by atoms with E-state index in [0.29, 0.717) is 6.61 Å². The number of esters is 1. The van der Waals surface area contributed by atoms with Crippen molar-refractivity contribution in [1.82, 2.24) is 4.90 Å². The van der Waals surface area contributed by atoms with Crippen molar-refractivity contribution in [1.29, 1.82) is 0 Å². The lowest BCUT2D eigenvalue weighted by atomic mass is 10.3. The van der Waals surface area contributed by atoms with Gasteiger partial charge in [0.1, 0.15) is 0 Å². The highest BCUT2D eigenvalue weighted by Crippen LogP contribution is 2.07. The molecule has 0 saturated carbocycles. The third-order valence-corrected chi connectivity index (χ3v) is 2.27. The molecular formula is C12H15NO4. The lowest BCUT2D eigenvalue weighted by Gasteiger charge is -2.14. The Labute approximate surface area is 99.7 Å². The molecule has 0 N–H and O–H groups in total. The Bertz CT molecular complexity index is 366. The highest BCUT2D eigenvalue weighted by Gasteiger charge is 2.25. The average Bonchev–Trinajstić information content (AvgIpc) is 2.61. The van der Waals surface area contributed by atoms with Crippen molar-refractivity contribution >= 4 is 17.8 Å². The second kappa shape index (κ2) is 5.98. The topological polar surface area (TPSA) is 63.7 Å². The largest absolute Gasteiger partial charge is 0.462 e. The Morgan fingerprint density at radius 2 is 1.94 bits per heavy atom. The van der Waals surface area contributed by atoms with Crippen LogP contribution in [-0.2, 0) is 19.1 Å². The van der Waals surface area contributed by atoms with Crippen molar-refractivity contribution in [3.8, 4) is 0 Å². The Kier molecular flexibility index (Phi) is 4.63. The summed E-state index contributed by atoms with van der Waals surface area (Å²) in [7, 11) is 0. The molecule has 0 spiro atoms. The normalized spacial score (nSPS) is 14.3. The summed E-state index contributed by atoms with van der Waals surface area (Å²) in [5, 5.41) is 0. The van der Waals surface area contributed by atoms with E-state index >= 15 is 0 Å². The molecule has 0 bridgehead atoms. The SMILES string of the molecule is C=C(CN1C(=O)C=CC1=O)C(=O)OCCCC. The molecule has 0 fully saturated rings. The first-order valence-corrected chi connectivity index (χ1v) is 5.44. The van der Waals surface area contributed by atoms with E-state index in [1.807, 2.05) is 6.92 Å². The number of carbonyl (C=O) groups excluding carboxylic acids is 3. The van der Waals surface area contributed by atoms with E-state index in [0.717, 1.165) is 29.9 Å². The van der Waals surface area contributed by atoms with E-state index in [4.69, 9.17) is 4.74 Å². The first kappa shape index (κ1) is 13.2. The molecule has 5 heteroatoms. The summed E-state index contributed by atoms with van der Waals surface area (Å²) in [5.74, 6) is -1.43. The van der Waals surface area contributed by atoms with Crippen LogP contribution in [0, 0.1) is 0 Å². The summed E-state index contributed by atoms with van der Waals surface area (Å²) in [4.78, 5) is 34.8. The molecule has 17 heavy (non-hydrogen) atoms. The maximum absolute atomic E-state index is 11.4. The van der Waals surface area contributed by atoms with Gasteiger partial charge < -0.3 is 4.74 Å². The van der Waals surface area contributed by atoms with Gasteiger partial charge >= 0.3 is 5.97 Å². The van der Waals surface area contributed by atoms with Gasteiger partial charge in [0.15, 0.2) is 0 Å². The van der Waals surface area contributed by atoms with Crippen LogP contribution in [0.5, 0.6) is 0 Å². The van der Waals surface area contributed by atoms with E-state index in [1.165, 1.54) is 0 Å². The molecule has 0 aromatic heterocycles. The number of carbonyl (C=O) groups is 3. The predicted molar refractivity (Wildman–Crippen MR) is 60.9 cm³/mol. The fourth-order valence-electron chi connectivity index (χ4n) is 1.25. The van der Waals surface area contributed by atoms with E-state index in [-0.39, 0.29) is 12.1 Å². The smallest absolute Gasteiger partial charge is 0.335 e. The van der Waals surface area contributed by atoms with Gasteiger partial charge in [0, 0.05) is 17.7 Å². The minimum atomic E-state index is -0.564. The Hall–Kier alpha value is -1.91. The molecule has 0 radical (unpaired) electrons. The zero-order valence-electron chi connectivity index (χ0n) is 9.77. The molecule has 1 heterocycles. The molecule has 1 aliphatic heterocycles. The summed E-state index contributed by atoms with van der Waals surface area (Å²) in [6, 6.07) is 0. The van der Waals surface area contributed by atoms with E-state index in [9.17, 15) is 14.4 Å². The second-order valence-corrected chi connectivity index (χ2v) is 3.69. The molecule has 0 aromatic rings. The number of ether oxygens (including phenoxy) is 1. The van der Waals surface area contributed by atoms with Gasteiger partial charge in [0.25, 0.3) is 11.8 Å². The number of hydrogen-bond acceptors (Lipinski definition) is 4. The third-order valence-electron chi connectivity index (χ3n) is 2.27. The van der Waals surface area contributed by atoms with Crippen LogP contribution >= 0.6 is 0 Å². The zero-order chi connectivity index (χ0) is 12.8. The number of hydrogen-bond donors (Lipinski definition) is 0. The van der Waals surface area contributed by atoms with Gasteiger partial charge in [-0.15, -0.1) is 0 Å². The Morgan fingerprint density at radius 3 is 2.47 bits per heavy atom. The highest BCUT2D eigenvalue weighted by molar-refractivity contribution is 6.13. The van der Waals surface area contributed by atoms with E-state index < -0.39 is 17.8 Å². The molecule has 0 aromatic carbocycles. The number of rotatable bonds is 6. The van der Waals surface area contributed by atoms with Gasteiger partial charge in [-0.25, -0.2) is 4.79 Å².